The molecular weight excluding hydrogens is 1070 g/mol. The zero-order valence-electron chi connectivity index (χ0n) is 54.0. The van der Waals surface area contributed by atoms with Crippen LogP contribution >= 0.6 is 0 Å². The fourth-order valence-corrected chi connectivity index (χ4v) is 18.0. The van der Waals surface area contributed by atoms with Crippen molar-refractivity contribution in [3.63, 3.8) is 0 Å². The van der Waals surface area contributed by atoms with E-state index in [1.807, 2.05) is 0 Å². The zero-order valence-corrected chi connectivity index (χ0v) is 54.0. The Labute approximate surface area is 520 Å². The molecule has 5 nitrogen and oxygen atoms in total. The Balaban J connectivity index is 1.03. The molecule has 0 N–H and O–H groups in total. The minimum atomic E-state index is -0.252. The van der Waals surface area contributed by atoms with Crippen molar-refractivity contribution >= 4 is 112 Å². The number of fused-ring (bicyclic) bond motifs is 15. The number of benzene rings is 9. The maximum atomic E-state index is 7.25. The standard InChI is InChI=1S/C82H82BN3O2/c1-76(2,3)51-33-30-49(31-34-51)50-32-35-64-61(42-50)81(12)36-18-19-37-82(81,13)86(64)52-43-69-73-70(44-52)85(66-27-21-25-56-54-23-15-17-29-72(54)88-75(56)66)68-48-60-58(78(6,7)39-41-80(60,10)11)46-63(68)83(73)62-45-57-59(79(8,9)40-38-77(57,4)5)47-67(62)84(69)65-26-20-24-55-53-22-14-16-28-71(53)87-74(55)65/h14-17,20-35,42-48H,18-19,36-41H2,1-13H3. The monoisotopic (exact) mass is 1150 g/mol. The van der Waals surface area contributed by atoms with Crippen LogP contribution in [-0.4, -0.2) is 12.3 Å². The van der Waals surface area contributed by atoms with E-state index in [0.717, 1.165) is 93.8 Å². The average Bonchev–Trinajstić information content (AvgIpc) is 0.906. The zero-order chi connectivity index (χ0) is 60.6. The van der Waals surface area contributed by atoms with E-state index in [1.54, 1.807) is 0 Å². The molecule has 11 aromatic rings. The predicted octanol–water partition coefficient (Wildman–Crippen LogP) is 21.0. The van der Waals surface area contributed by atoms with Gasteiger partial charge >= 0.3 is 0 Å². The molecule has 2 aromatic heterocycles. The van der Waals surface area contributed by atoms with Crippen LogP contribution in [0.5, 0.6) is 0 Å². The third-order valence-corrected chi connectivity index (χ3v) is 23.7. The molecule has 0 saturated heterocycles. The molecule has 0 radical (unpaired) electrons. The van der Waals surface area contributed by atoms with Crippen molar-refractivity contribution in [3.8, 4) is 11.1 Å². The van der Waals surface area contributed by atoms with Gasteiger partial charge in [0.25, 0.3) is 6.71 Å². The van der Waals surface area contributed by atoms with Crippen LogP contribution in [0, 0.1) is 0 Å². The summed E-state index contributed by atoms with van der Waals surface area (Å²) < 4.78 is 14.5. The van der Waals surface area contributed by atoms with E-state index in [1.165, 1.54) is 108 Å². The summed E-state index contributed by atoms with van der Waals surface area (Å²) in [4.78, 5) is 8.19. The molecule has 2 atom stereocenters. The molecule has 1 fully saturated rings. The van der Waals surface area contributed by atoms with Gasteiger partial charge in [0.2, 0.25) is 0 Å². The van der Waals surface area contributed by atoms with Crippen LogP contribution in [-0.2, 0) is 32.5 Å². The fourth-order valence-electron chi connectivity index (χ4n) is 18.0. The van der Waals surface area contributed by atoms with E-state index >= 15 is 0 Å². The Hall–Kier alpha value is -7.96. The van der Waals surface area contributed by atoms with Crippen molar-refractivity contribution in [2.45, 2.75) is 179 Å². The summed E-state index contributed by atoms with van der Waals surface area (Å²) in [6, 6.07) is 63.9. The van der Waals surface area contributed by atoms with Crippen LogP contribution in [0.1, 0.15) is 175 Å². The third-order valence-electron chi connectivity index (χ3n) is 23.7. The lowest BCUT2D eigenvalue weighted by atomic mass is 9.32. The molecule has 5 heterocycles. The van der Waals surface area contributed by atoms with Crippen molar-refractivity contribution in [3.05, 3.63) is 197 Å². The van der Waals surface area contributed by atoms with Crippen LogP contribution in [0.2, 0.25) is 0 Å². The van der Waals surface area contributed by atoms with Gasteiger partial charge < -0.3 is 23.5 Å². The number of para-hydroxylation sites is 4. The molecule has 9 aromatic carbocycles. The summed E-state index contributed by atoms with van der Waals surface area (Å²) in [5, 5.41) is 4.53. The predicted molar refractivity (Wildman–Crippen MR) is 373 cm³/mol. The van der Waals surface area contributed by atoms with Crippen molar-refractivity contribution in [2.24, 2.45) is 0 Å². The molecule has 3 aliphatic carbocycles. The molecule has 0 amide bonds. The number of nitrogens with zero attached hydrogens (tertiary/aromatic N) is 3. The van der Waals surface area contributed by atoms with E-state index < -0.39 is 0 Å². The molecule has 440 valence electrons. The molecule has 3 aliphatic heterocycles. The minimum Gasteiger partial charge on any atom is -0.454 e. The van der Waals surface area contributed by atoms with Crippen LogP contribution < -0.4 is 31.1 Å². The van der Waals surface area contributed by atoms with Crippen molar-refractivity contribution in [1.29, 1.82) is 0 Å². The summed E-state index contributed by atoms with van der Waals surface area (Å²) in [6.07, 6.45) is 9.08. The highest BCUT2D eigenvalue weighted by molar-refractivity contribution is 7.00. The Morgan fingerprint density at radius 3 is 1.34 bits per heavy atom. The molecule has 6 aliphatic rings. The first-order chi connectivity index (χ1) is 42.0. The van der Waals surface area contributed by atoms with E-state index in [2.05, 4.69) is 269 Å². The van der Waals surface area contributed by atoms with Crippen LogP contribution in [0.25, 0.3) is 55.0 Å². The van der Waals surface area contributed by atoms with Crippen LogP contribution in [0.3, 0.4) is 0 Å². The minimum absolute atomic E-state index is 0.0280. The second kappa shape index (κ2) is 17.9. The maximum absolute atomic E-state index is 7.25. The fraction of sp³-hybridized carbons (Fsp3) is 0.341. The number of furan rings is 2. The lowest BCUT2D eigenvalue weighted by molar-refractivity contribution is 0.195. The second-order valence-electron chi connectivity index (χ2n) is 31.7. The first-order valence-electron chi connectivity index (χ1n) is 33.0. The number of anilines is 8. The third kappa shape index (κ3) is 7.35. The van der Waals surface area contributed by atoms with E-state index in [0.29, 0.717) is 0 Å². The van der Waals surface area contributed by atoms with Crippen molar-refractivity contribution in [1.82, 2.24) is 0 Å². The highest BCUT2D eigenvalue weighted by Gasteiger charge is 2.59. The van der Waals surface area contributed by atoms with E-state index in [9.17, 15) is 0 Å². The van der Waals surface area contributed by atoms with Gasteiger partial charge in [-0.2, -0.15) is 0 Å². The van der Waals surface area contributed by atoms with Crippen molar-refractivity contribution < 1.29 is 8.83 Å². The van der Waals surface area contributed by atoms with E-state index in [-0.39, 0.29) is 44.7 Å². The van der Waals surface area contributed by atoms with Gasteiger partial charge in [-0.05, 0) is 194 Å². The molecule has 2 unspecified atom stereocenters. The lowest BCUT2D eigenvalue weighted by Gasteiger charge is -2.51. The summed E-state index contributed by atoms with van der Waals surface area (Å²) in [5.74, 6) is 0. The summed E-state index contributed by atoms with van der Waals surface area (Å²) in [6.45, 7) is 32.0. The number of hydrogen-bond donors (Lipinski definition) is 0. The molecule has 0 bridgehead atoms. The SMILES string of the molecule is CC(C)(C)c1ccc(-c2ccc3c(c2)C2(C)CCCCC2(C)N3c2cc3c4c(c2)N(c2cccc5c2oc2ccccc25)c2cc5c(cc2B4c2cc4c(cc2N3c2cccc3c2oc2ccccc23)C(C)(C)CCC4(C)C)C(C)(C)CCC5(C)C)cc1. The topological polar surface area (TPSA) is 36.0 Å². The lowest BCUT2D eigenvalue weighted by Crippen LogP contribution is -2.62. The molecule has 88 heavy (non-hydrogen) atoms. The van der Waals surface area contributed by atoms with E-state index in [4.69, 9.17) is 8.83 Å². The Bertz CT molecular complexity index is 4590. The largest absolute Gasteiger partial charge is 0.454 e. The van der Waals surface area contributed by atoms with Gasteiger partial charge in [-0.15, -0.1) is 0 Å². The van der Waals surface area contributed by atoms with Crippen LogP contribution in [0.4, 0.5) is 45.5 Å². The van der Waals surface area contributed by atoms with Gasteiger partial charge in [-0.1, -0.05) is 199 Å². The molecule has 17 rings (SSSR count). The second-order valence-corrected chi connectivity index (χ2v) is 31.7. The maximum Gasteiger partial charge on any atom is 0.252 e. The summed E-state index contributed by atoms with van der Waals surface area (Å²) in [5.41, 5.74) is 27.9. The van der Waals surface area contributed by atoms with Gasteiger partial charge in [0.1, 0.15) is 11.2 Å². The smallest absolute Gasteiger partial charge is 0.252 e. The average molecular weight is 1150 g/mol. The van der Waals surface area contributed by atoms with Gasteiger partial charge in [-0.3, -0.25) is 0 Å². The Morgan fingerprint density at radius 1 is 0.386 bits per heavy atom. The summed E-state index contributed by atoms with van der Waals surface area (Å²) >= 11 is 0. The normalized spacial score (nSPS) is 21.7. The Kier molecular flexibility index (Phi) is 11.0. The van der Waals surface area contributed by atoms with Crippen molar-refractivity contribution in [2.75, 3.05) is 14.7 Å². The molecular formula is C82H82BN3O2. The highest BCUT2D eigenvalue weighted by Crippen LogP contribution is 2.63. The van der Waals surface area contributed by atoms with Gasteiger partial charge in [-0.25, -0.2) is 0 Å². The number of hydrogen-bond acceptors (Lipinski definition) is 5. The first-order valence-corrected chi connectivity index (χ1v) is 33.0. The van der Waals surface area contributed by atoms with Gasteiger partial charge in [0, 0.05) is 61.1 Å². The molecule has 0 spiro atoms. The summed E-state index contributed by atoms with van der Waals surface area (Å²) in [7, 11) is 0. The van der Waals surface area contributed by atoms with Gasteiger partial charge in [0.05, 0.1) is 16.9 Å². The quantitative estimate of drug-likeness (QED) is 0.164. The van der Waals surface area contributed by atoms with Crippen LogP contribution in [0.15, 0.2) is 173 Å². The Morgan fingerprint density at radius 2 is 0.841 bits per heavy atom. The molecule has 6 heteroatoms. The molecule has 1 saturated carbocycles. The number of rotatable bonds is 4. The first kappa shape index (κ1) is 54.2. The van der Waals surface area contributed by atoms with Gasteiger partial charge in [0.15, 0.2) is 11.2 Å². The highest BCUT2D eigenvalue weighted by atomic mass is 16.3.